The fourth-order valence-corrected chi connectivity index (χ4v) is 4.89. The van der Waals surface area contributed by atoms with Crippen molar-refractivity contribution in [3.63, 3.8) is 0 Å². The van der Waals surface area contributed by atoms with Crippen molar-refractivity contribution < 1.29 is 13.9 Å². The predicted octanol–water partition coefficient (Wildman–Crippen LogP) is 4.58. The highest BCUT2D eigenvalue weighted by atomic mass is 19.1. The fourth-order valence-electron chi connectivity index (χ4n) is 4.89. The number of hydrogen-bond acceptors (Lipinski definition) is 7. The second-order valence-corrected chi connectivity index (χ2v) is 10.1. The van der Waals surface area contributed by atoms with Crippen molar-refractivity contribution in [3.8, 4) is 11.5 Å². The molecule has 41 heavy (non-hydrogen) atoms. The van der Waals surface area contributed by atoms with Gasteiger partial charge in [-0.2, -0.15) is 0 Å². The third kappa shape index (κ3) is 6.44. The number of nitrogens with one attached hydrogen (secondary N) is 1. The first kappa shape index (κ1) is 28.0. The number of H-pyrrole nitrogens is 1. The Morgan fingerprint density at radius 2 is 1.68 bits per heavy atom. The van der Waals surface area contributed by atoms with Gasteiger partial charge in [-0.25, -0.2) is 9.07 Å². The summed E-state index contributed by atoms with van der Waals surface area (Å²) in [5, 5.41) is 13.3. The maximum absolute atomic E-state index is 13.4. The monoisotopic (exact) mass is 556 g/mol. The number of tetrazole rings is 1. The van der Waals surface area contributed by atoms with Gasteiger partial charge in [0, 0.05) is 18.7 Å². The van der Waals surface area contributed by atoms with E-state index >= 15 is 0 Å². The summed E-state index contributed by atoms with van der Waals surface area (Å²) in [6.07, 6.45) is 0.698. The average Bonchev–Trinajstić information content (AvgIpc) is 3.41. The van der Waals surface area contributed by atoms with Gasteiger partial charge in [-0.15, -0.1) is 5.10 Å². The van der Waals surface area contributed by atoms with Crippen LogP contribution in [0.15, 0.2) is 65.5 Å². The first-order chi connectivity index (χ1) is 19.8. The molecule has 5 rings (SSSR count). The van der Waals surface area contributed by atoms with Crippen LogP contribution >= 0.6 is 0 Å². The summed E-state index contributed by atoms with van der Waals surface area (Å²) in [5.41, 5.74) is 5.55. The number of pyridine rings is 1. The highest BCUT2D eigenvalue weighted by Crippen LogP contribution is 2.28. The summed E-state index contributed by atoms with van der Waals surface area (Å²) in [7, 11) is 3.23. The maximum atomic E-state index is 13.4. The molecule has 3 aromatic carbocycles. The molecule has 0 aliphatic carbocycles. The molecule has 0 fully saturated rings. The lowest BCUT2D eigenvalue weighted by Gasteiger charge is -2.22. The summed E-state index contributed by atoms with van der Waals surface area (Å²) >= 11 is 0. The number of methoxy groups -OCH3 is 2. The zero-order valence-corrected chi connectivity index (χ0v) is 23.6. The number of hydrogen-bond donors (Lipinski definition) is 1. The van der Waals surface area contributed by atoms with E-state index in [-0.39, 0.29) is 11.4 Å². The standard InChI is InChI=1S/C31H33FN6O3/c1-20-5-9-24-16-25(31(39)33-30(24)21(20)2)18-37(14-13-22-8-12-27(40-3)28(15-22)41-4)19-29-34-35-36-38(29)17-23-6-10-26(32)11-7-23/h5-12,15-16H,13-14,17-19H2,1-4H3,(H,33,39). The molecule has 0 radical (unpaired) electrons. The van der Waals surface area contributed by atoms with Gasteiger partial charge in [0.1, 0.15) is 5.82 Å². The Kier molecular flexibility index (Phi) is 8.39. The van der Waals surface area contributed by atoms with Crippen LogP contribution in [0.3, 0.4) is 0 Å². The van der Waals surface area contributed by atoms with Gasteiger partial charge in [0.15, 0.2) is 17.3 Å². The molecule has 0 aliphatic rings. The van der Waals surface area contributed by atoms with E-state index in [1.165, 1.54) is 12.1 Å². The molecular formula is C31H33FN6O3. The van der Waals surface area contributed by atoms with Crippen molar-refractivity contribution in [1.82, 2.24) is 30.1 Å². The average molecular weight is 557 g/mol. The van der Waals surface area contributed by atoms with E-state index in [2.05, 4.69) is 31.5 Å². The van der Waals surface area contributed by atoms with Crippen LogP contribution in [-0.2, 0) is 26.1 Å². The molecule has 0 amide bonds. The van der Waals surface area contributed by atoms with E-state index in [0.29, 0.717) is 55.5 Å². The predicted molar refractivity (Wildman–Crippen MR) is 155 cm³/mol. The third-order valence-electron chi connectivity index (χ3n) is 7.40. The summed E-state index contributed by atoms with van der Waals surface area (Å²) < 4.78 is 26.0. The molecule has 1 N–H and O–H groups in total. The van der Waals surface area contributed by atoms with Gasteiger partial charge in [-0.05, 0) is 88.7 Å². The second-order valence-electron chi connectivity index (χ2n) is 10.1. The molecule has 0 saturated carbocycles. The van der Waals surface area contributed by atoms with Crippen molar-refractivity contribution in [2.45, 2.75) is 39.9 Å². The van der Waals surface area contributed by atoms with Gasteiger partial charge in [0.25, 0.3) is 5.56 Å². The van der Waals surface area contributed by atoms with Crippen molar-refractivity contribution in [3.05, 3.63) is 110 Å². The first-order valence-corrected chi connectivity index (χ1v) is 13.4. The number of benzene rings is 3. The van der Waals surface area contributed by atoms with Gasteiger partial charge in [0.05, 0.1) is 32.8 Å². The number of rotatable bonds is 11. The zero-order chi connectivity index (χ0) is 28.9. The van der Waals surface area contributed by atoms with Crippen LogP contribution in [-0.4, -0.2) is 50.9 Å². The molecule has 10 heteroatoms. The summed E-state index contributed by atoms with van der Waals surface area (Å²) in [4.78, 5) is 18.5. The molecule has 9 nitrogen and oxygen atoms in total. The fraction of sp³-hybridized carbons (Fsp3) is 0.290. The van der Waals surface area contributed by atoms with E-state index in [1.54, 1.807) is 31.0 Å². The van der Waals surface area contributed by atoms with Gasteiger partial charge in [-0.3, -0.25) is 9.69 Å². The molecule has 0 aliphatic heterocycles. The molecule has 0 spiro atoms. The lowest BCUT2D eigenvalue weighted by atomic mass is 10.0. The minimum atomic E-state index is -0.294. The van der Waals surface area contributed by atoms with E-state index in [0.717, 1.165) is 33.2 Å². The lowest BCUT2D eigenvalue weighted by Crippen LogP contribution is -2.30. The van der Waals surface area contributed by atoms with Crippen LogP contribution < -0.4 is 15.0 Å². The van der Waals surface area contributed by atoms with E-state index in [9.17, 15) is 9.18 Å². The van der Waals surface area contributed by atoms with Crippen LogP contribution in [0.2, 0.25) is 0 Å². The second kappa shape index (κ2) is 12.3. The summed E-state index contributed by atoms with van der Waals surface area (Å²) in [6, 6.07) is 18.2. The Hall–Kier alpha value is -4.57. The SMILES string of the molecule is COc1ccc(CCN(Cc2cc3ccc(C)c(C)c3[nH]c2=O)Cc2nnnn2Cc2ccc(F)cc2)cc1OC. The highest BCUT2D eigenvalue weighted by Gasteiger charge is 2.17. The molecular weight excluding hydrogens is 523 g/mol. The van der Waals surface area contributed by atoms with Crippen molar-refractivity contribution in [1.29, 1.82) is 0 Å². The maximum Gasteiger partial charge on any atom is 0.252 e. The molecule has 5 aromatic rings. The smallest absolute Gasteiger partial charge is 0.252 e. The molecule has 212 valence electrons. The largest absolute Gasteiger partial charge is 0.493 e. The molecule has 0 unspecified atom stereocenters. The Morgan fingerprint density at radius 3 is 2.44 bits per heavy atom. The molecule has 0 saturated heterocycles. The van der Waals surface area contributed by atoms with Gasteiger partial charge < -0.3 is 14.5 Å². The molecule has 2 aromatic heterocycles. The molecule has 2 heterocycles. The Balaban J connectivity index is 1.42. The van der Waals surface area contributed by atoms with Crippen molar-refractivity contribution >= 4 is 10.9 Å². The summed E-state index contributed by atoms with van der Waals surface area (Å²) in [5.74, 6) is 1.68. The highest BCUT2D eigenvalue weighted by molar-refractivity contribution is 5.83. The molecule has 0 bridgehead atoms. The van der Waals surface area contributed by atoms with Crippen LogP contribution in [0.4, 0.5) is 4.39 Å². The van der Waals surface area contributed by atoms with Crippen LogP contribution in [0.1, 0.15) is 33.6 Å². The van der Waals surface area contributed by atoms with Crippen LogP contribution in [0.5, 0.6) is 11.5 Å². The minimum absolute atomic E-state index is 0.117. The normalized spacial score (nSPS) is 11.4. The van der Waals surface area contributed by atoms with E-state index in [4.69, 9.17) is 9.47 Å². The number of ether oxygens (including phenoxy) is 2. The lowest BCUT2D eigenvalue weighted by molar-refractivity contribution is 0.247. The van der Waals surface area contributed by atoms with Gasteiger partial charge in [0.2, 0.25) is 0 Å². The number of aryl methyl sites for hydroxylation is 2. The number of halogens is 1. The quantitative estimate of drug-likeness (QED) is 0.254. The van der Waals surface area contributed by atoms with Gasteiger partial charge >= 0.3 is 0 Å². The Morgan fingerprint density at radius 1 is 0.927 bits per heavy atom. The van der Waals surface area contributed by atoms with Crippen molar-refractivity contribution in [2.24, 2.45) is 0 Å². The Labute approximate surface area is 237 Å². The number of nitrogens with zero attached hydrogens (tertiary/aromatic N) is 5. The number of fused-ring (bicyclic) bond motifs is 1. The summed E-state index contributed by atoms with van der Waals surface area (Å²) in [6.45, 7) is 5.89. The van der Waals surface area contributed by atoms with E-state index in [1.807, 2.05) is 44.2 Å². The molecule has 0 atom stereocenters. The van der Waals surface area contributed by atoms with Crippen molar-refractivity contribution in [2.75, 3.05) is 20.8 Å². The number of aromatic nitrogens is 5. The first-order valence-electron chi connectivity index (χ1n) is 13.4. The Bertz CT molecular complexity index is 1710. The van der Waals surface area contributed by atoms with Crippen LogP contribution in [0.25, 0.3) is 10.9 Å². The van der Waals surface area contributed by atoms with Gasteiger partial charge in [-0.1, -0.05) is 30.3 Å². The van der Waals surface area contributed by atoms with E-state index < -0.39 is 0 Å². The third-order valence-corrected chi connectivity index (χ3v) is 7.40. The van der Waals surface area contributed by atoms with Crippen LogP contribution in [0, 0.1) is 19.7 Å². The number of aromatic amines is 1. The topological polar surface area (TPSA) is 98.2 Å². The minimum Gasteiger partial charge on any atom is -0.493 e. The zero-order valence-electron chi connectivity index (χ0n) is 23.6.